The van der Waals surface area contributed by atoms with Crippen molar-refractivity contribution in [3.63, 3.8) is 0 Å². The fourth-order valence-corrected chi connectivity index (χ4v) is 4.58. The average molecular weight is 387 g/mol. The van der Waals surface area contributed by atoms with Gasteiger partial charge in [0.05, 0.1) is 19.1 Å². The summed E-state index contributed by atoms with van der Waals surface area (Å²) in [4.78, 5) is 12.2. The van der Waals surface area contributed by atoms with Crippen molar-refractivity contribution in [3.05, 3.63) is 64.8 Å². The van der Waals surface area contributed by atoms with Crippen molar-refractivity contribution in [2.45, 2.75) is 44.6 Å². The highest BCUT2D eigenvalue weighted by molar-refractivity contribution is 5.94. The summed E-state index contributed by atoms with van der Waals surface area (Å²) < 4.78 is 7.95. The molecule has 5 nitrogen and oxygen atoms in total. The number of aromatic nitrogens is 1. The van der Waals surface area contributed by atoms with E-state index in [1.807, 2.05) is 24.3 Å². The minimum Gasteiger partial charge on any atom is -0.496 e. The van der Waals surface area contributed by atoms with E-state index in [0.29, 0.717) is 12.8 Å². The van der Waals surface area contributed by atoms with Crippen LogP contribution in [0.3, 0.4) is 0 Å². The monoisotopic (exact) mass is 387 g/mol. The zero-order valence-electron chi connectivity index (χ0n) is 16.6. The molecule has 1 atom stereocenters. The minimum atomic E-state index is -0.270. The van der Waals surface area contributed by atoms with Gasteiger partial charge in [-0.3, -0.25) is 4.79 Å². The lowest BCUT2D eigenvalue weighted by Gasteiger charge is -2.22. The van der Waals surface area contributed by atoms with Gasteiger partial charge in [-0.2, -0.15) is 5.26 Å². The Balaban J connectivity index is 1.96. The molecule has 0 fully saturated rings. The highest BCUT2D eigenvalue weighted by Crippen LogP contribution is 2.42. The zero-order valence-corrected chi connectivity index (χ0v) is 16.6. The Kier molecular flexibility index (Phi) is 5.26. The quantitative estimate of drug-likeness (QED) is 0.692. The third kappa shape index (κ3) is 3.47. The molecule has 1 amide bonds. The molecule has 3 aromatic rings. The molecule has 0 radical (unpaired) electrons. The molecule has 0 aliphatic heterocycles. The highest BCUT2D eigenvalue weighted by atomic mass is 16.5. The Morgan fingerprint density at radius 3 is 2.79 bits per heavy atom. The smallest absolute Gasteiger partial charge is 0.225 e. The number of nitrogens with zero attached hydrogens (tertiary/aromatic N) is 2. The topological polar surface area (TPSA) is 81.0 Å². The second kappa shape index (κ2) is 8.00. The third-order valence-corrected chi connectivity index (χ3v) is 5.90. The van der Waals surface area contributed by atoms with Crippen molar-refractivity contribution in [2.24, 2.45) is 5.73 Å². The van der Waals surface area contributed by atoms with Gasteiger partial charge >= 0.3 is 0 Å². The Morgan fingerprint density at radius 1 is 1.31 bits per heavy atom. The maximum Gasteiger partial charge on any atom is 0.225 e. The van der Waals surface area contributed by atoms with Gasteiger partial charge < -0.3 is 15.0 Å². The van der Waals surface area contributed by atoms with Crippen LogP contribution >= 0.6 is 0 Å². The van der Waals surface area contributed by atoms with Crippen LogP contribution in [-0.2, 0) is 24.2 Å². The summed E-state index contributed by atoms with van der Waals surface area (Å²) in [6.45, 7) is 0.738. The SMILES string of the molecule is COc1cc2c3c(n(Cc4ccccc4)c2cc1CCC#N)CCCC3C(N)=O. The first kappa shape index (κ1) is 19.1. The molecule has 2 N–H and O–H groups in total. The van der Waals surface area contributed by atoms with E-state index in [2.05, 4.69) is 28.8 Å². The molecular weight excluding hydrogens is 362 g/mol. The van der Waals surface area contributed by atoms with Crippen molar-refractivity contribution in [1.29, 1.82) is 5.26 Å². The number of aryl methyl sites for hydroxylation is 1. The van der Waals surface area contributed by atoms with Crippen LogP contribution < -0.4 is 10.5 Å². The lowest BCUT2D eigenvalue weighted by atomic mass is 9.84. The Hall–Kier alpha value is -3.26. The van der Waals surface area contributed by atoms with Gasteiger partial charge in [-0.15, -0.1) is 0 Å². The average Bonchev–Trinajstić information content (AvgIpc) is 3.05. The summed E-state index contributed by atoms with van der Waals surface area (Å²) in [7, 11) is 1.65. The molecule has 0 bridgehead atoms. The number of hydrogen-bond acceptors (Lipinski definition) is 3. The molecular formula is C24H25N3O2. The number of ether oxygens (including phenoxy) is 1. The number of primary amides is 1. The van der Waals surface area contributed by atoms with E-state index in [1.54, 1.807) is 7.11 Å². The Morgan fingerprint density at radius 2 is 2.10 bits per heavy atom. The van der Waals surface area contributed by atoms with Gasteiger partial charge in [-0.05, 0) is 54.5 Å². The van der Waals surface area contributed by atoms with E-state index < -0.39 is 0 Å². The van der Waals surface area contributed by atoms with Crippen LogP contribution in [-0.4, -0.2) is 17.6 Å². The number of hydrogen-bond donors (Lipinski definition) is 1. The molecule has 0 spiro atoms. The van der Waals surface area contributed by atoms with Crippen molar-refractivity contribution < 1.29 is 9.53 Å². The van der Waals surface area contributed by atoms with Gasteiger partial charge in [0.1, 0.15) is 5.75 Å². The van der Waals surface area contributed by atoms with Crippen molar-refractivity contribution in [3.8, 4) is 11.8 Å². The number of carbonyl (C=O) groups is 1. The summed E-state index contributed by atoms with van der Waals surface area (Å²) in [5.74, 6) is 0.228. The molecule has 0 saturated carbocycles. The van der Waals surface area contributed by atoms with E-state index in [1.165, 1.54) is 11.3 Å². The predicted octanol–water partition coefficient (Wildman–Crippen LogP) is 4.06. The summed E-state index contributed by atoms with van der Waals surface area (Å²) in [5, 5.41) is 10.1. The molecule has 1 heterocycles. The Labute approximate surface area is 170 Å². The van der Waals surface area contributed by atoms with Gasteiger partial charge in [0, 0.05) is 29.6 Å². The van der Waals surface area contributed by atoms with E-state index in [4.69, 9.17) is 15.7 Å². The second-order valence-corrected chi connectivity index (χ2v) is 7.62. The molecule has 1 aromatic heterocycles. The van der Waals surface area contributed by atoms with E-state index in [0.717, 1.165) is 53.6 Å². The number of benzene rings is 2. The van der Waals surface area contributed by atoms with E-state index >= 15 is 0 Å². The second-order valence-electron chi connectivity index (χ2n) is 7.62. The van der Waals surface area contributed by atoms with Crippen LogP contribution in [0.4, 0.5) is 0 Å². The van der Waals surface area contributed by atoms with Crippen LogP contribution in [0.2, 0.25) is 0 Å². The van der Waals surface area contributed by atoms with Crippen molar-refractivity contribution in [2.75, 3.05) is 7.11 Å². The maximum absolute atomic E-state index is 12.2. The molecule has 1 unspecified atom stereocenters. The van der Waals surface area contributed by atoms with Gasteiger partial charge in [0.15, 0.2) is 0 Å². The number of nitrogens with two attached hydrogens (primary N) is 1. The number of rotatable bonds is 6. The van der Waals surface area contributed by atoms with Crippen molar-refractivity contribution in [1.82, 2.24) is 4.57 Å². The van der Waals surface area contributed by atoms with Crippen LogP contribution in [0.25, 0.3) is 10.9 Å². The van der Waals surface area contributed by atoms with Crippen molar-refractivity contribution >= 4 is 16.8 Å². The Bertz CT molecular complexity index is 1090. The molecule has 0 saturated heterocycles. The fourth-order valence-electron chi connectivity index (χ4n) is 4.58. The fraction of sp³-hybridized carbons (Fsp3) is 0.333. The highest BCUT2D eigenvalue weighted by Gasteiger charge is 2.31. The van der Waals surface area contributed by atoms with Gasteiger partial charge in [-0.1, -0.05) is 30.3 Å². The molecule has 5 heteroatoms. The zero-order chi connectivity index (χ0) is 20.4. The number of carbonyl (C=O) groups excluding carboxylic acids is 1. The first-order valence-corrected chi connectivity index (χ1v) is 10.1. The maximum atomic E-state index is 12.2. The molecule has 1 aliphatic carbocycles. The first-order chi connectivity index (χ1) is 14.1. The van der Waals surface area contributed by atoms with Gasteiger partial charge in [0.2, 0.25) is 5.91 Å². The number of methoxy groups -OCH3 is 1. The van der Waals surface area contributed by atoms with Gasteiger partial charge in [-0.25, -0.2) is 0 Å². The number of amides is 1. The van der Waals surface area contributed by atoms with Crippen LogP contribution in [0.5, 0.6) is 5.75 Å². The van der Waals surface area contributed by atoms with Crippen LogP contribution in [0.15, 0.2) is 42.5 Å². The van der Waals surface area contributed by atoms with Crippen LogP contribution in [0, 0.1) is 11.3 Å². The van der Waals surface area contributed by atoms with E-state index in [-0.39, 0.29) is 11.8 Å². The normalized spacial score (nSPS) is 15.7. The third-order valence-electron chi connectivity index (χ3n) is 5.90. The molecule has 2 aromatic carbocycles. The molecule has 29 heavy (non-hydrogen) atoms. The summed E-state index contributed by atoms with van der Waals surface area (Å²) in [6, 6.07) is 16.7. The van der Waals surface area contributed by atoms with E-state index in [9.17, 15) is 4.79 Å². The van der Waals surface area contributed by atoms with Gasteiger partial charge in [0.25, 0.3) is 0 Å². The molecule has 4 rings (SSSR count). The lowest BCUT2D eigenvalue weighted by Crippen LogP contribution is -2.25. The summed E-state index contributed by atoms with van der Waals surface area (Å²) >= 11 is 0. The predicted molar refractivity (Wildman–Crippen MR) is 113 cm³/mol. The molecule has 1 aliphatic rings. The minimum absolute atomic E-state index is 0.266. The summed E-state index contributed by atoms with van der Waals surface area (Å²) in [5.41, 5.74) is 11.3. The number of fused-ring (bicyclic) bond motifs is 3. The largest absolute Gasteiger partial charge is 0.496 e. The lowest BCUT2D eigenvalue weighted by molar-refractivity contribution is -0.119. The summed E-state index contributed by atoms with van der Waals surface area (Å²) in [6.07, 6.45) is 3.73. The molecule has 148 valence electrons. The first-order valence-electron chi connectivity index (χ1n) is 10.1. The number of nitriles is 1. The standard InChI is InChI=1S/C24H25N3O2/c1-29-22-14-19-21(13-17(22)9-6-12-25)27(15-16-7-3-2-4-8-16)20-11-5-10-18(23(19)20)24(26)28/h2-4,7-8,13-14,18H,5-6,9-11,15H2,1H3,(H2,26,28). The van der Waals surface area contributed by atoms with Crippen LogP contribution in [0.1, 0.15) is 47.6 Å².